The maximum absolute atomic E-state index is 13.3. The molecule has 0 aliphatic carbocycles. The molecule has 0 aromatic heterocycles. The predicted octanol–water partition coefficient (Wildman–Crippen LogP) is 2.40. The minimum absolute atomic E-state index is 0.00282. The van der Waals surface area contributed by atoms with E-state index in [0.29, 0.717) is 12.8 Å². The molecule has 0 radical (unpaired) electrons. The number of aliphatic hydroxyl groups is 1. The van der Waals surface area contributed by atoms with Crippen molar-refractivity contribution < 1.29 is 47.9 Å². The van der Waals surface area contributed by atoms with Crippen LogP contribution in [0.3, 0.4) is 0 Å². The number of carbonyl (C=O) groups excluding carboxylic acids is 3. The van der Waals surface area contributed by atoms with Crippen LogP contribution in [0.5, 0.6) is 11.5 Å². The lowest BCUT2D eigenvalue weighted by molar-refractivity contribution is -0.143. The average Bonchev–Trinajstić information content (AvgIpc) is 3.56. The number of hydrogen-bond donors (Lipinski definition) is 1. The summed E-state index contributed by atoms with van der Waals surface area (Å²) in [5.74, 6) is -2.17. The van der Waals surface area contributed by atoms with Gasteiger partial charge in [0.05, 0.1) is 37.6 Å². The van der Waals surface area contributed by atoms with Gasteiger partial charge < -0.3 is 33.5 Å². The fourth-order valence-electron chi connectivity index (χ4n) is 3.74. The number of benzene rings is 1. The minimum Gasteiger partial charge on any atom is -0.481 e. The Morgan fingerprint density at radius 2 is 1.77 bits per heavy atom. The highest BCUT2D eigenvalue weighted by Gasteiger charge is 2.40. The number of esters is 3. The first kappa shape index (κ1) is 26.8. The number of hydrogen-bond acceptors (Lipinski definition) is 10. The van der Waals surface area contributed by atoms with Crippen LogP contribution >= 0.6 is 11.6 Å². The molecule has 11 heteroatoms. The van der Waals surface area contributed by atoms with E-state index < -0.39 is 43.3 Å². The lowest BCUT2D eigenvalue weighted by Crippen LogP contribution is -2.23. The smallest absolute Gasteiger partial charge is 0.343 e. The molecule has 0 saturated carbocycles. The highest BCUT2D eigenvalue weighted by Crippen LogP contribution is 2.40. The second-order valence-electron chi connectivity index (χ2n) is 8.21. The number of epoxide rings is 1. The fraction of sp³-hybridized carbons (Fsp3) is 0.542. The molecule has 0 unspecified atom stereocenters. The summed E-state index contributed by atoms with van der Waals surface area (Å²) in [5.41, 5.74) is 0.120. The van der Waals surface area contributed by atoms with E-state index in [9.17, 15) is 19.5 Å². The second-order valence-corrected chi connectivity index (χ2v) is 8.59. The first-order valence-electron chi connectivity index (χ1n) is 11.2. The molecular weight excluding hydrogens is 484 g/mol. The third-order valence-corrected chi connectivity index (χ3v) is 6.01. The van der Waals surface area contributed by atoms with E-state index in [1.54, 1.807) is 13.0 Å². The molecule has 0 spiro atoms. The molecule has 1 saturated heterocycles. The standard InChI is InChI=1S/C24H29ClO10/c1-13-8-17-16(35-17)7-5-4-6-14(26)9-15-22(24(29)34-13)18(32-11-20(27)30-2)10-19(23(15)25)33-12-21(28)31-3/h4,6,10,13-14,16-17,26H,5,7-9,11-12H2,1-3H3/t13-,14+,16+,17+/m1/s1. The van der Waals surface area contributed by atoms with Crippen molar-refractivity contribution in [1.29, 1.82) is 0 Å². The first-order valence-corrected chi connectivity index (χ1v) is 11.6. The Kier molecular flexibility index (Phi) is 9.36. The van der Waals surface area contributed by atoms with E-state index in [-0.39, 0.29) is 46.3 Å². The molecule has 2 heterocycles. The van der Waals surface area contributed by atoms with Crippen LogP contribution in [0.25, 0.3) is 0 Å². The van der Waals surface area contributed by atoms with Gasteiger partial charge in [0.1, 0.15) is 23.2 Å². The quantitative estimate of drug-likeness (QED) is 0.262. The number of ether oxygens (including phenoxy) is 6. The van der Waals surface area contributed by atoms with E-state index in [4.69, 9.17) is 30.5 Å². The summed E-state index contributed by atoms with van der Waals surface area (Å²) in [6.07, 6.45) is 4.00. The molecule has 35 heavy (non-hydrogen) atoms. The molecule has 10 nitrogen and oxygen atoms in total. The summed E-state index contributed by atoms with van der Waals surface area (Å²) >= 11 is 6.58. The number of carbonyl (C=O) groups is 3. The van der Waals surface area contributed by atoms with Crippen LogP contribution in [-0.2, 0) is 35.0 Å². The van der Waals surface area contributed by atoms with Crippen LogP contribution in [0.15, 0.2) is 18.2 Å². The number of aliphatic hydroxyl groups excluding tert-OH is 1. The maximum atomic E-state index is 13.3. The number of allylic oxidation sites excluding steroid dienone is 1. The zero-order valence-corrected chi connectivity index (χ0v) is 20.5. The lowest BCUT2D eigenvalue weighted by atomic mass is 9.98. The number of cyclic esters (lactones) is 1. The van der Waals surface area contributed by atoms with Gasteiger partial charge in [-0.1, -0.05) is 23.8 Å². The monoisotopic (exact) mass is 512 g/mol. The Bertz CT molecular complexity index is 976. The number of halogens is 1. The van der Waals surface area contributed by atoms with Crippen LogP contribution in [0.2, 0.25) is 5.02 Å². The van der Waals surface area contributed by atoms with Crippen molar-refractivity contribution in [3.05, 3.63) is 34.4 Å². The normalized spacial score (nSPS) is 24.2. The summed E-state index contributed by atoms with van der Waals surface area (Å²) in [5, 5.41) is 10.6. The van der Waals surface area contributed by atoms with Crippen LogP contribution < -0.4 is 9.47 Å². The van der Waals surface area contributed by atoms with Crippen molar-refractivity contribution in [1.82, 2.24) is 0 Å². The van der Waals surface area contributed by atoms with Crippen molar-refractivity contribution in [2.75, 3.05) is 27.4 Å². The van der Waals surface area contributed by atoms with Crippen LogP contribution in [0, 0.1) is 0 Å². The first-order chi connectivity index (χ1) is 16.7. The molecule has 2 aliphatic rings. The summed E-state index contributed by atoms with van der Waals surface area (Å²) in [4.78, 5) is 36.6. The lowest BCUT2D eigenvalue weighted by Gasteiger charge is -2.21. The van der Waals surface area contributed by atoms with Crippen molar-refractivity contribution in [2.24, 2.45) is 0 Å². The second kappa shape index (κ2) is 12.2. The fourth-order valence-corrected chi connectivity index (χ4v) is 4.02. The highest BCUT2D eigenvalue weighted by atomic mass is 35.5. The van der Waals surface area contributed by atoms with Gasteiger partial charge in [0.15, 0.2) is 13.2 Å². The third-order valence-electron chi connectivity index (χ3n) is 5.59. The topological polar surface area (TPSA) is 130 Å². The van der Waals surface area contributed by atoms with Gasteiger partial charge in [-0.25, -0.2) is 14.4 Å². The molecule has 192 valence electrons. The van der Waals surface area contributed by atoms with E-state index in [1.165, 1.54) is 20.3 Å². The third kappa shape index (κ3) is 7.33. The van der Waals surface area contributed by atoms with Crippen molar-refractivity contribution >= 4 is 29.5 Å². The minimum atomic E-state index is -1.00. The molecule has 1 aromatic carbocycles. The summed E-state index contributed by atoms with van der Waals surface area (Å²) in [6.45, 7) is 0.781. The molecular formula is C24H29ClO10. The van der Waals surface area contributed by atoms with Crippen LogP contribution in [0.1, 0.15) is 42.1 Å². The molecule has 0 amide bonds. The largest absolute Gasteiger partial charge is 0.481 e. The number of rotatable bonds is 6. The van der Waals surface area contributed by atoms with Crippen molar-refractivity contribution in [2.45, 2.75) is 57.0 Å². The molecule has 0 bridgehead atoms. The Labute approximate surface area is 208 Å². The molecule has 2 aliphatic heterocycles. The van der Waals surface area contributed by atoms with Gasteiger partial charge in [-0.05, 0) is 25.3 Å². The molecule has 1 N–H and O–H groups in total. The van der Waals surface area contributed by atoms with E-state index in [0.717, 1.165) is 6.42 Å². The van der Waals surface area contributed by atoms with E-state index in [2.05, 4.69) is 9.47 Å². The van der Waals surface area contributed by atoms with Gasteiger partial charge in [-0.2, -0.15) is 0 Å². The molecule has 1 aromatic rings. The van der Waals surface area contributed by atoms with Gasteiger partial charge >= 0.3 is 17.9 Å². The van der Waals surface area contributed by atoms with Gasteiger partial charge in [0.2, 0.25) is 0 Å². The van der Waals surface area contributed by atoms with Crippen LogP contribution in [-0.4, -0.2) is 74.9 Å². The van der Waals surface area contributed by atoms with Gasteiger partial charge in [0.25, 0.3) is 0 Å². The maximum Gasteiger partial charge on any atom is 0.343 e. The van der Waals surface area contributed by atoms with Crippen LogP contribution in [0.4, 0.5) is 0 Å². The predicted molar refractivity (Wildman–Crippen MR) is 123 cm³/mol. The Morgan fingerprint density at radius 1 is 1.11 bits per heavy atom. The number of fused-ring (bicyclic) bond motifs is 2. The Morgan fingerprint density at radius 3 is 2.43 bits per heavy atom. The summed E-state index contributed by atoms with van der Waals surface area (Å²) in [7, 11) is 2.40. The molecule has 4 atom stereocenters. The zero-order chi connectivity index (χ0) is 25.5. The Balaban J connectivity index is 2.04. The SMILES string of the molecule is COC(=O)COc1cc(OCC(=O)OC)c2c(c1Cl)C[C@@H](O)C=CCC[C@@H]1O[C@H]1C[C@@H](C)OC2=O. The Hall–Kier alpha value is -2.82. The van der Waals surface area contributed by atoms with E-state index >= 15 is 0 Å². The summed E-state index contributed by atoms with van der Waals surface area (Å²) < 4.78 is 31.6. The average molecular weight is 513 g/mol. The zero-order valence-electron chi connectivity index (χ0n) is 19.8. The summed E-state index contributed by atoms with van der Waals surface area (Å²) in [6, 6.07) is 1.28. The molecule has 1 fully saturated rings. The van der Waals surface area contributed by atoms with Crippen molar-refractivity contribution in [3.8, 4) is 11.5 Å². The van der Waals surface area contributed by atoms with E-state index in [1.807, 2.05) is 6.08 Å². The van der Waals surface area contributed by atoms with Gasteiger partial charge in [-0.15, -0.1) is 0 Å². The van der Waals surface area contributed by atoms with Gasteiger partial charge in [0, 0.05) is 18.9 Å². The van der Waals surface area contributed by atoms with Gasteiger partial charge in [-0.3, -0.25) is 0 Å². The number of methoxy groups -OCH3 is 2. The highest BCUT2D eigenvalue weighted by molar-refractivity contribution is 6.33. The van der Waals surface area contributed by atoms with Crippen molar-refractivity contribution in [3.63, 3.8) is 0 Å². The molecule has 3 rings (SSSR count).